The highest BCUT2D eigenvalue weighted by Gasteiger charge is 2.36. The van der Waals surface area contributed by atoms with E-state index in [1.54, 1.807) is 17.0 Å². The SMILES string of the molecule is CCCCc1nnc(NC(=O)[C@H]2CC(=O)N(c3ccc4c(c3)OCCO4)C2)s1. The first-order chi connectivity index (χ1) is 13.6. The molecule has 8 nitrogen and oxygen atoms in total. The Balaban J connectivity index is 1.40. The van der Waals surface area contributed by atoms with Gasteiger partial charge in [0, 0.05) is 31.1 Å². The van der Waals surface area contributed by atoms with E-state index in [2.05, 4.69) is 22.4 Å². The molecule has 4 rings (SSSR count). The van der Waals surface area contributed by atoms with Crippen LogP contribution in [-0.2, 0) is 16.0 Å². The van der Waals surface area contributed by atoms with Crippen molar-refractivity contribution in [2.24, 2.45) is 5.92 Å². The number of unbranched alkanes of at least 4 members (excludes halogenated alkanes) is 1. The molecule has 0 unspecified atom stereocenters. The Bertz CT molecular complexity index is 885. The number of fused-ring (bicyclic) bond motifs is 1. The van der Waals surface area contributed by atoms with Crippen LogP contribution in [0.15, 0.2) is 18.2 Å². The molecule has 2 amide bonds. The zero-order chi connectivity index (χ0) is 19.5. The summed E-state index contributed by atoms with van der Waals surface area (Å²) in [6, 6.07) is 5.40. The lowest BCUT2D eigenvalue weighted by atomic mass is 10.1. The van der Waals surface area contributed by atoms with Crippen molar-refractivity contribution in [3.63, 3.8) is 0 Å². The summed E-state index contributed by atoms with van der Waals surface area (Å²) in [6.45, 7) is 3.45. The van der Waals surface area contributed by atoms with Crippen molar-refractivity contribution in [1.82, 2.24) is 10.2 Å². The molecule has 1 N–H and O–H groups in total. The molecule has 2 aliphatic heterocycles. The van der Waals surface area contributed by atoms with Gasteiger partial charge in [-0.1, -0.05) is 24.7 Å². The van der Waals surface area contributed by atoms with Crippen molar-refractivity contribution in [2.45, 2.75) is 32.6 Å². The molecule has 148 valence electrons. The largest absolute Gasteiger partial charge is 0.486 e. The highest BCUT2D eigenvalue weighted by atomic mass is 32.1. The molecule has 1 atom stereocenters. The maximum atomic E-state index is 12.6. The van der Waals surface area contributed by atoms with Gasteiger partial charge in [0.2, 0.25) is 16.9 Å². The zero-order valence-corrected chi connectivity index (χ0v) is 16.5. The van der Waals surface area contributed by atoms with Crippen molar-refractivity contribution in [1.29, 1.82) is 0 Å². The van der Waals surface area contributed by atoms with Crippen molar-refractivity contribution < 1.29 is 19.1 Å². The molecule has 0 saturated carbocycles. The highest BCUT2D eigenvalue weighted by Crippen LogP contribution is 2.36. The van der Waals surface area contributed by atoms with Gasteiger partial charge in [-0.3, -0.25) is 9.59 Å². The summed E-state index contributed by atoms with van der Waals surface area (Å²) in [7, 11) is 0. The lowest BCUT2D eigenvalue weighted by Crippen LogP contribution is -2.28. The lowest BCUT2D eigenvalue weighted by Gasteiger charge is -2.22. The molecule has 0 radical (unpaired) electrons. The molecule has 0 spiro atoms. The van der Waals surface area contributed by atoms with Crippen LogP contribution in [0.1, 0.15) is 31.2 Å². The van der Waals surface area contributed by atoms with Crippen molar-refractivity contribution in [3.8, 4) is 11.5 Å². The average Bonchev–Trinajstić information content (AvgIpc) is 3.32. The minimum absolute atomic E-state index is 0.0854. The summed E-state index contributed by atoms with van der Waals surface area (Å²) in [5, 5.41) is 12.3. The summed E-state index contributed by atoms with van der Waals surface area (Å²) in [4.78, 5) is 26.7. The number of aromatic nitrogens is 2. The third-order valence-corrected chi connectivity index (χ3v) is 5.67. The summed E-state index contributed by atoms with van der Waals surface area (Å²) < 4.78 is 11.1. The quantitative estimate of drug-likeness (QED) is 0.798. The van der Waals surface area contributed by atoms with E-state index in [-0.39, 0.29) is 18.2 Å². The maximum Gasteiger partial charge on any atom is 0.231 e. The Labute approximate surface area is 166 Å². The number of nitrogens with one attached hydrogen (secondary N) is 1. The van der Waals surface area contributed by atoms with Crippen LogP contribution in [0.5, 0.6) is 11.5 Å². The second-order valence-electron chi connectivity index (χ2n) is 6.83. The number of rotatable bonds is 6. The fourth-order valence-corrected chi connectivity index (χ4v) is 4.06. The van der Waals surface area contributed by atoms with Crippen LogP contribution < -0.4 is 19.7 Å². The smallest absolute Gasteiger partial charge is 0.231 e. The van der Waals surface area contributed by atoms with Gasteiger partial charge in [-0.25, -0.2) is 0 Å². The minimum Gasteiger partial charge on any atom is -0.486 e. The summed E-state index contributed by atoms with van der Waals surface area (Å²) in [5.41, 5.74) is 0.710. The van der Waals surface area contributed by atoms with Crippen LogP contribution in [-0.4, -0.2) is 41.8 Å². The number of benzene rings is 1. The zero-order valence-electron chi connectivity index (χ0n) is 15.6. The Morgan fingerprint density at radius 2 is 2.11 bits per heavy atom. The molecule has 3 heterocycles. The second kappa shape index (κ2) is 8.14. The second-order valence-corrected chi connectivity index (χ2v) is 7.89. The molecular formula is C19H22N4O4S. The topological polar surface area (TPSA) is 93.7 Å². The van der Waals surface area contributed by atoms with Gasteiger partial charge < -0.3 is 19.7 Å². The number of hydrogen-bond donors (Lipinski definition) is 1. The van der Waals surface area contributed by atoms with Gasteiger partial charge in [0.1, 0.15) is 18.2 Å². The number of aryl methyl sites for hydroxylation is 1. The van der Waals surface area contributed by atoms with E-state index in [1.807, 2.05) is 6.07 Å². The minimum atomic E-state index is -0.427. The van der Waals surface area contributed by atoms with Crippen LogP contribution in [0.25, 0.3) is 0 Å². The Hall–Kier alpha value is -2.68. The number of amides is 2. The van der Waals surface area contributed by atoms with Crippen LogP contribution in [0.2, 0.25) is 0 Å². The van der Waals surface area contributed by atoms with Crippen LogP contribution in [0, 0.1) is 5.92 Å². The summed E-state index contributed by atoms with van der Waals surface area (Å²) in [6.07, 6.45) is 3.16. The van der Waals surface area contributed by atoms with Gasteiger partial charge >= 0.3 is 0 Å². The van der Waals surface area contributed by atoms with E-state index in [0.717, 1.165) is 24.3 Å². The number of carbonyl (C=O) groups excluding carboxylic acids is 2. The van der Waals surface area contributed by atoms with Crippen LogP contribution in [0.3, 0.4) is 0 Å². The predicted octanol–water partition coefficient (Wildman–Crippen LogP) is 2.64. The van der Waals surface area contributed by atoms with Crippen LogP contribution in [0.4, 0.5) is 10.8 Å². The third kappa shape index (κ3) is 3.94. The number of carbonyl (C=O) groups is 2. The standard InChI is InChI=1S/C19H22N4O4S/c1-2-3-4-16-21-22-19(28-16)20-18(25)12-9-17(24)23(11-12)13-5-6-14-15(10-13)27-8-7-26-14/h5-6,10,12H,2-4,7-9,11H2,1H3,(H,20,22,25)/t12-/m0/s1. The molecule has 1 aromatic carbocycles. The van der Waals surface area contributed by atoms with Crippen molar-refractivity contribution in [3.05, 3.63) is 23.2 Å². The van der Waals surface area contributed by atoms with Crippen molar-refractivity contribution >= 4 is 34.0 Å². The molecule has 1 aromatic heterocycles. The molecule has 28 heavy (non-hydrogen) atoms. The maximum absolute atomic E-state index is 12.6. The summed E-state index contributed by atoms with van der Waals surface area (Å²) in [5.74, 6) is 0.581. The predicted molar refractivity (Wildman–Crippen MR) is 105 cm³/mol. The third-order valence-electron chi connectivity index (χ3n) is 4.77. The summed E-state index contributed by atoms with van der Waals surface area (Å²) >= 11 is 1.39. The van der Waals surface area contributed by atoms with Gasteiger partial charge in [0.05, 0.1) is 5.92 Å². The van der Waals surface area contributed by atoms with E-state index in [4.69, 9.17) is 9.47 Å². The van der Waals surface area contributed by atoms with E-state index in [0.29, 0.717) is 42.1 Å². The molecule has 9 heteroatoms. The first-order valence-electron chi connectivity index (χ1n) is 9.47. The normalized spacial score (nSPS) is 18.4. The fourth-order valence-electron chi connectivity index (χ4n) is 3.27. The van der Waals surface area contributed by atoms with E-state index >= 15 is 0 Å². The molecule has 1 fully saturated rings. The molecule has 0 bridgehead atoms. The average molecular weight is 402 g/mol. The number of anilines is 2. The Kier molecular flexibility index (Phi) is 5.43. The van der Waals surface area contributed by atoms with Gasteiger partial charge in [-0.15, -0.1) is 10.2 Å². The first kappa shape index (κ1) is 18.7. The highest BCUT2D eigenvalue weighted by molar-refractivity contribution is 7.15. The number of hydrogen-bond acceptors (Lipinski definition) is 7. The van der Waals surface area contributed by atoms with Gasteiger partial charge in [0.15, 0.2) is 11.5 Å². The fraction of sp³-hybridized carbons (Fsp3) is 0.474. The molecule has 2 aromatic rings. The molecular weight excluding hydrogens is 380 g/mol. The molecule has 2 aliphatic rings. The lowest BCUT2D eigenvalue weighted by molar-refractivity contribution is -0.122. The monoisotopic (exact) mass is 402 g/mol. The Morgan fingerprint density at radius 1 is 1.29 bits per heavy atom. The van der Waals surface area contributed by atoms with Gasteiger partial charge in [-0.05, 0) is 18.6 Å². The van der Waals surface area contributed by atoms with E-state index < -0.39 is 5.92 Å². The van der Waals surface area contributed by atoms with Crippen LogP contribution >= 0.6 is 11.3 Å². The van der Waals surface area contributed by atoms with Gasteiger partial charge in [-0.2, -0.15) is 0 Å². The number of nitrogens with zero attached hydrogens (tertiary/aromatic N) is 3. The number of ether oxygens (including phenoxy) is 2. The van der Waals surface area contributed by atoms with E-state index in [9.17, 15) is 9.59 Å². The Morgan fingerprint density at radius 3 is 2.93 bits per heavy atom. The van der Waals surface area contributed by atoms with Crippen molar-refractivity contribution in [2.75, 3.05) is 30.0 Å². The van der Waals surface area contributed by atoms with E-state index in [1.165, 1.54) is 11.3 Å². The first-order valence-corrected chi connectivity index (χ1v) is 10.3. The van der Waals surface area contributed by atoms with Gasteiger partial charge in [0.25, 0.3) is 0 Å². The molecule has 1 saturated heterocycles. The molecule has 0 aliphatic carbocycles.